The number of nitrogens with two attached hydrogens (primary N) is 1. The second-order valence-corrected chi connectivity index (χ2v) is 4.73. The van der Waals surface area contributed by atoms with Crippen LogP contribution in [0, 0.1) is 0 Å². The number of quaternary nitrogens is 1. The third kappa shape index (κ3) is 7.38. The summed E-state index contributed by atoms with van der Waals surface area (Å²) in [6.07, 6.45) is 1.19. The van der Waals surface area contributed by atoms with Crippen LogP contribution >= 0.6 is 0 Å². The number of hydrogen-bond acceptors (Lipinski definition) is 3. The Bertz CT molecular complexity index is 385. The van der Waals surface area contributed by atoms with Gasteiger partial charge >= 0.3 is 0 Å². The van der Waals surface area contributed by atoms with Gasteiger partial charge in [-0.05, 0) is 26.0 Å². The number of rotatable bonds is 9. The summed E-state index contributed by atoms with van der Waals surface area (Å²) in [7, 11) is 0. The molecule has 3 N–H and O–H groups in total. The number of benzene rings is 1. The first-order valence-corrected chi connectivity index (χ1v) is 6.60. The molecule has 1 rings (SSSR count). The van der Waals surface area contributed by atoms with E-state index in [9.17, 15) is 5.11 Å². The molecule has 0 aliphatic carbocycles. The summed E-state index contributed by atoms with van der Waals surface area (Å²) in [5.74, 6) is 1.32. The van der Waals surface area contributed by atoms with Crippen molar-refractivity contribution in [3.05, 3.63) is 36.9 Å². The zero-order valence-electron chi connectivity index (χ0n) is 12.1. The van der Waals surface area contributed by atoms with Crippen LogP contribution in [-0.4, -0.2) is 37.0 Å². The Labute approximate surface area is 127 Å². The molecule has 0 aliphatic rings. The van der Waals surface area contributed by atoms with Gasteiger partial charge in [-0.3, -0.25) is 0 Å². The fourth-order valence-electron chi connectivity index (χ4n) is 1.52. The van der Waals surface area contributed by atoms with Gasteiger partial charge in [-0.2, -0.15) is 0 Å². The monoisotopic (exact) mass is 301 g/mol. The van der Waals surface area contributed by atoms with Gasteiger partial charge in [-0.15, -0.1) is 0 Å². The van der Waals surface area contributed by atoms with E-state index in [0.717, 1.165) is 0 Å². The Kier molecular flexibility index (Phi) is 9.90. The number of aliphatic hydroxyl groups excluding tert-OH is 1. The van der Waals surface area contributed by atoms with Crippen molar-refractivity contribution in [2.45, 2.75) is 26.0 Å². The Morgan fingerprint density at radius 1 is 1.25 bits per heavy atom. The topological polar surface area (TPSA) is 55.3 Å². The summed E-state index contributed by atoms with van der Waals surface area (Å²) in [6.45, 7) is 9.12. The van der Waals surface area contributed by atoms with Crippen molar-refractivity contribution < 1.29 is 32.3 Å². The molecule has 20 heavy (non-hydrogen) atoms. The van der Waals surface area contributed by atoms with Crippen molar-refractivity contribution in [2.75, 3.05) is 19.8 Å². The normalized spacial score (nSPS) is 11.6. The summed E-state index contributed by atoms with van der Waals surface area (Å²) in [4.78, 5) is 0. The zero-order chi connectivity index (χ0) is 14.1. The number of halogens is 1. The third-order valence-corrected chi connectivity index (χ3v) is 2.52. The molecule has 1 atom stereocenters. The average molecular weight is 302 g/mol. The van der Waals surface area contributed by atoms with Crippen LogP contribution in [0.4, 0.5) is 0 Å². The molecule has 0 heterocycles. The summed E-state index contributed by atoms with van der Waals surface area (Å²) >= 11 is 0. The standard InChI is InChI=1S/C15H23NO3.ClH/c1-4-9-18-14-7-5-6-8-15(14)19-11-13(17)10-16-12(2)3;/h4-8,12-13,16-17H,1,9-11H2,2-3H3;1H/t13-;/m0./s1. The quantitative estimate of drug-likeness (QED) is 0.517. The summed E-state index contributed by atoms with van der Waals surface area (Å²) in [5.41, 5.74) is 0. The molecule has 0 bridgehead atoms. The van der Waals surface area contributed by atoms with Crippen LogP contribution < -0.4 is 27.2 Å². The largest absolute Gasteiger partial charge is 1.00 e. The Hall–Kier alpha value is -1.23. The van der Waals surface area contributed by atoms with Gasteiger partial charge < -0.3 is 32.3 Å². The van der Waals surface area contributed by atoms with Crippen LogP contribution in [0.25, 0.3) is 0 Å². The summed E-state index contributed by atoms with van der Waals surface area (Å²) < 4.78 is 11.1. The van der Waals surface area contributed by atoms with Crippen LogP contribution in [0.3, 0.4) is 0 Å². The van der Waals surface area contributed by atoms with Gasteiger partial charge in [0.1, 0.15) is 25.9 Å². The van der Waals surface area contributed by atoms with Crippen molar-refractivity contribution in [3.63, 3.8) is 0 Å². The highest BCUT2D eigenvalue weighted by Crippen LogP contribution is 2.26. The van der Waals surface area contributed by atoms with Crippen molar-refractivity contribution in [1.82, 2.24) is 0 Å². The third-order valence-electron chi connectivity index (χ3n) is 2.52. The number of ether oxygens (including phenoxy) is 2. The number of para-hydroxylation sites is 2. The molecule has 0 spiro atoms. The molecule has 1 aromatic rings. The molecule has 0 unspecified atom stereocenters. The molecular formula is C15H24ClNO3. The first kappa shape index (κ1) is 18.8. The van der Waals surface area contributed by atoms with E-state index in [-0.39, 0.29) is 19.0 Å². The number of hydrogen-bond donors (Lipinski definition) is 2. The van der Waals surface area contributed by atoms with Gasteiger partial charge in [0.15, 0.2) is 11.5 Å². The van der Waals surface area contributed by atoms with Crippen molar-refractivity contribution in [2.24, 2.45) is 0 Å². The second kappa shape index (κ2) is 10.5. The lowest BCUT2D eigenvalue weighted by Gasteiger charge is -2.15. The molecule has 4 nitrogen and oxygen atoms in total. The Morgan fingerprint density at radius 3 is 2.40 bits per heavy atom. The maximum atomic E-state index is 9.81. The smallest absolute Gasteiger partial charge is 0.161 e. The van der Waals surface area contributed by atoms with E-state index in [1.807, 2.05) is 24.3 Å². The van der Waals surface area contributed by atoms with Gasteiger partial charge in [-0.25, -0.2) is 0 Å². The molecule has 0 aliphatic heterocycles. The molecule has 0 radical (unpaired) electrons. The maximum Gasteiger partial charge on any atom is 0.161 e. The highest BCUT2D eigenvalue weighted by molar-refractivity contribution is 5.39. The summed E-state index contributed by atoms with van der Waals surface area (Å²) in [5, 5.41) is 11.9. The predicted octanol–water partition coefficient (Wildman–Crippen LogP) is -2.03. The predicted molar refractivity (Wildman–Crippen MR) is 75.6 cm³/mol. The van der Waals surface area contributed by atoms with E-state index in [2.05, 4.69) is 25.7 Å². The molecule has 0 amide bonds. The molecule has 5 heteroatoms. The molecular weight excluding hydrogens is 278 g/mol. The van der Waals surface area contributed by atoms with E-state index in [1.54, 1.807) is 6.08 Å². The Morgan fingerprint density at radius 2 is 1.85 bits per heavy atom. The average Bonchev–Trinajstić information content (AvgIpc) is 2.41. The molecule has 0 saturated carbocycles. The van der Waals surface area contributed by atoms with Crippen LogP contribution in [0.5, 0.6) is 11.5 Å². The summed E-state index contributed by atoms with van der Waals surface area (Å²) in [6, 6.07) is 7.90. The van der Waals surface area contributed by atoms with Crippen LogP contribution in [0.15, 0.2) is 36.9 Å². The highest BCUT2D eigenvalue weighted by atomic mass is 35.5. The van der Waals surface area contributed by atoms with E-state index in [1.165, 1.54) is 0 Å². The minimum Gasteiger partial charge on any atom is -1.00 e. The van der Waals surface area contributed by atoms with Gasteiger partial charge in [-0.1, -0.05) is 24.8 Å². The van der Waals surface area contributed by atoms with Crippen LogP contribution in [-0.2, 0) is 0 Å². The van der Waals surface area contributed by atoms with E-state index in [4.69, 9.17) is 9.47 Å². The molecule has 114 valence electrons. The lowest BCUT2D eigenvalue weighted by atomic mass is 10.3. The van der Waals surface area contributed by atoms with E-state index in [0.29, 0.717) is 30.7 Å². The Balaban J connectivity index is 0.00000361. The van der Waals surface area contributed by atoms with Crippen LogP contribution in [0.1, 0.15) is 13.8 Å². The van der Waals surface area contributed by atoms with Crippen LogP contribution in [0.2, 0.25) is 0 Å². The second-order valence-electron chi connectivity index (χ2n) is 4.73. The molecule has 0 aromatic heterocycles. The lowest BCUT2D eigenvalue weighted by Crippen LogP contribution is -3.00. The number of aliphatic hydroxyl groups is 1. The zero-order valence-corrected chi connectivity index (χ0v) is 12.8. The van der Waals surface area contributed by atoms with Crippen molar-refractivity contribution >= 4 is 0 Å². The minimum atomic E-state index is -0.491. The molecule has 1 aromatic carbocycles. The first-order chi connectivity index (χ1) is 9.13. The first-order valence-electron chi connectivity index (χ1n) is 6.60. The van der Waals surface area contributed by atoms with E-state index < -0.39 is 6.10 Å². The highest BCUT2D eigenvalue weighted by Gasteiger charge is 2.10. The van der Waals surface area contributed by atoms with Gasteiger partial charge in [0.05, 0.1) is 6.04 Å². The van der Waals surface area contributed by atoms with Gasteiger partial charge in [0.2, 0.25) is 0 Å². The fraction of sp³-hybridized carbons (Fsp3) is 0.467. The lowest BCUT2D eigenvalue weighted by molar-refractivity contribution is -0.688. The van der Waals surface area contributed by atoms with Gasteiger partial charge in [0.25, 0.3) is 0 Å². The minimum absolute atomic E-state index is 0. The molecule has 0 fully saturated rings. The fourth-order valence-corrected chi connectivity index (χ4v) is 1.52. The SMILES string of the molecule is C=CCOc1ccccc1OC[C@@H](O)C[NH2+]C(C)C.[Cl-]. The van der Waals surface area contributed by atoms with Crippen molar-refractivity contribution in [3.8, 4) is 11.5 Å². The van der Waals surface area contributed by atoms with E-state index >= 15 is 0 Å². The maximum absolute atomic E-state index is 9.81. The van der Waals surface area contributed by atoms with Gasteiger partial charge in [0, 0.05) is 0 Å². The van der Waals surface area contributed by atoms with Crippen molar-refractivity contribution in [1.29, 1.82) is 0 Å². The molecule has 0 saturated heterocycles.